The SMILES string of the molecule is COC(=O)c1cnc(N(C(=O)C2CC2)C2CC2)s1. The van der Waals surface area contributed by atoms with Crippen LogP contribution in [0.1, 0.15) is 35.4 Å². The maximum Gasteiger partial charge on any atom is 0.349 e. The van der Waals surface area contributed by atoms with Gasteiger partial charge in [0, 0.05) is 12.0 Å². The quantitative estimate of drug-likeness (QED) is 0.780. The number of carbonyl (C=O) groups is 2. The van der Waals surface area contributed by atoms with Crippen molar-refractivity contribution in [2.45, 2.75) is 31.7 Å². The van der Waals surface area contributed by atoms with Crippen molar-refractivity contribution in [3.63, 3.8) is 0 Å². The summed E-state index contributed by atoms with van der Waals surface area (Å²) in [5.74, 6) is -0.0484. The summed E-state index contributed by atoms with van der Waals surface area (Å²) >= 11 is 1.23. The number of anilines is 1. The monoisotopic (exact) mass is 266 g/mol. The highest BCUT2D eigenvalue weighted by Crippen LogP contribution is 2.40. The Kier molecular flexibility index (Phi) is 2.81. The van der Waals surface area contributed by atoms with E-state index in [9.17, 15) is 9.59 Å². The molecule has 96 valence electrons. The zero-order chi connectivity index (χ0) is 12.7. The van der Waals surface area contributed by atoms with Crippen molar-refractivity contribution in [1.29, 1.82) is 0 Å². The van der Waals surface area contributed by atoms with Crippen molar-refractivity contribution in [3.05, 3.63) is 11.1 Å². The zero-order valence-corrected chi connectivity index (χ0v) is 10.9. The molecule has 2 saturated carbocycles. The highest BCUT2D eigenvalue weighted by atomic mass is 32.1. The number of ether oxygens (including phenoxy) is 1. The van der Waals surface area contributed by atoms with Crippen LogP contribution < -0.4 is 4.90 Å². The molecule has 0 saturated heterocycles. The molecule has 0 N–H and O–H groups in total. The molecule has 0 atom stereocenters. The average molecular weight is 266 g/mol. The first kappa shape index (κ1) is 11.6. The second-order valence-electron chi connectivity index (χ2n) is 4.71. The van der Waals surface area contributed by atoms with Gasteiger partial charge < -0.3 is 4.74 Å². The van der Waals surface area contributed by atoms with Gasteiger partial charge in [-0.3, -0.25) is 9.69 Å². The summed E-state index contributed by atoms with van der Waals surface area (Å²) in [6, 6.07) is 0.287. The fraction of sp³-hybridized carbons (Fsp3) is 0.583. The Morgan fingerprint density at radius 3 is 2.67 bits per heavy atom. The summed E-state index contributed by atoms with van der Waals surface area (Å²) in [7, 11) is 1.34. The zero-order valence-electron chi connectivity index (χ0n) is 10.1. The van der Waals surface area contributed by atoms with Crippen LogP contribution in [-0.2, 0) is 9.53 Å². The van der Waals surface area contributed by atoms with Crippen LogP contribution in [0.2, 0.25) is 0 Å². The Balaban J connectivity index is 1.83. The van der Waals surface area contributed by atoms with E-state index in [0.717, 1.165) is 25.7 Å². The third-order valence-corrected chi connectivity index (χ3v) is 4.14. The van der Waals surface area contributed by atoms with Crippen LogP contribution in [0.5, 0.6) is 0 Å². The lowest BCUT2D eigenvalue weighted by Crippen LogP contribution is -2.34. The maximum atomic E-state index is 12.2. The molecular weight excluding hydrogens is 252 g/mol. The van der Waals surface area contributed by atoms with E-state index < -0.39 is 5.97 Å². The smallest absolute Gasteiger partial charge is 0.349 e. The van der Waals surface area contributed by atoms with E-state index in [0.29, 0.717) is 10.0 Å². The highest BCUT2D eigenvalue weighted by molar-refractivity contribution is 7.17. The molecule has 0 aromatic carbocycles. The molecule has 1 heterocycles. The van der Waals surface area contributed by atoms with E-state index in [1.807, 2.05) is 0 Å². The van der Waals surface area contributed by atoms with Crippen LogP contribution in [0.4, 0.5) is 5.13 Å². The third kappa shape index (κ3) is 2.12. The Labute approximate surface area is 109 Å². The first-order valence-corrected chi connectivity index (χ1v) is 6.89. The minimum Gasteiger partial charge on any atom is -0.465 e. The van der Waals surface area contributed by atoms with Crippen molar-refractivity contribution in [1.82, 2.24) is 4.98 Å². The topological polar surface area (TPSA) is 59.5 Å². The van der Waals surface area contributed by atoms with E-state index in [-0.39, 0.29) is 17.9 Å². The van der Waals surface area contributed by atoms with Crippen molar-refractivity contribution in [3.8, 4) is 0 Å². The van der Waals surface area contributed by atoms with Gasteiger partial charge in [0.25, 0.3) is 0 Å². The number of aromatic nitrogens is 1. The fourth-order valence-electron chi connectivity index (χ4n) is 1.86. The number of esters is 1. The van der Waals surface area contributed by atoms with Crippen LogP contribution in [0.15, 0.2) is 6.20 Å². The number of nitrogens with zero attached hydrogens (tertiary/aromatic N) is 2. The Morgan fingerprint density at radius 1 is 1.39 bits per heavy atom. The molecule has 1 aromatic heterocycles. The molecule has 18 heavy (non-hydrogen) atoms. The lowest BCUT2D eigenvalue weighted by Gasteiger charge is -2.18. The molecule has 2 aliphatic rings. The molecule has 2 aliphatic carbocycles. The van der Waals surface area contributed by atoms with E-state index in [4.69, 9.17) is 0 Å². The van der Waals surface area contributed by atoms with Gasteiger partial charge >= 0.3 is 5.97 Å². The van der Waals surface area contributed by atoms with Gasteiger partial charge in [0.15, 0.2) is 5.13 Å². The summed E-state index contributed by atoms with van der Waals surface area (Å²) in [6.07, 6.45) is 5.52. The lowest BCUT2D eigenvalue weighted by molar-refractivity contribution is -0.119. The Morgan fingerprint density at radius 2 is 2.11 bits per heavy atom. The number of hydrogen-bond acceptors (Lipinski definition) is 5. The largest absolute Gasteiger partial charge is 0.465 e. The maximum absolute atomic E-state index is 12.2. The second-order valence-corrected chi connectivity index (χ2v) is 5.72. The summed E-state index contributed by atoms with van der Waals surface area (Å²) in [5, 5.41) is 0.634. The first-order chi connectivity index (χ1) is 8.70. The van der Waals surface area contributed by atoms with Gasteiger partial charge in [-0.05, 0) is 25.7 Å². The predicted molar refractivity (Wildman–Crippen MR) is 66.7 cm³/mol. The fourth-order valence-corrected chi connectivity index (χ4v) is 2.77. The van der Waals surface area contributed by atoms with Gasteiger partial charge in [-0.25, -0.2) is 9.78 Å². The molecule has 0 aliphatic heterocycles. The highest BCUT2D eigenvalue weighted by Gasteiger charge is 2.42. The minimum absolute atomic E-state index is 0.170. The lowest BCUT2D eigenvalue weighted by atomic mass is 10.3. The van der Waals surface area contributed by atoms with Gasteiger partial charge in [0.2, 0.25) is 5.91 Å². The molecule has 5 nitrogen and oxygen atoms in total. The van der Waals surface area contributed by atoms with Crippen LogP contribution in [0, 0.1) is 5.92 Å². The normalized spacial score (nSPS) is 18.5. The number of carbonyl (C=O) groups excluding carboxylic acids is 2. The number of rotatable bonds is 4. The molecular formula is C12H14N2O3S. The molecule has 6 heteroatoms. The summed E-state index contributed by atoms with van der Waals surface area (Å²) in [4.78, 5) is 30.0. The molecule has 0 unspecified atom stereocenters. The Bertz CT molecular complexity index is 491. The number of hydrogen-bond donors (Lipinski definition) is 0. The van der Waals surface area contributed by atoms with Crippen molar-refractivity contribution < 1.29 is 14.3 Å². The molecule has 1 aromatic rings. The summed E-state index contributed by atoms with van der Waals surface area (Å²) < 4.78 is 4.65. The molecule has 3 rings (SSSR count). The average Bonchev–Trinajstić information content (AvgIpc) is 3.27. The predicted octanol–water partition coefficient (Wildman–Crippen LogP) is 1.84. The van der Waals surface area contributed by atoms with Crippen LogP contribution >= 0.6 is 11.3 Å². The van der Waals surface area contributed by atoms with E-state index in [2.05, 4.69) is 9.72 Å². The summed E-state index contributed by atoms with van der Waals surface area (Å²) in [5.41, 5.74) is 0. The second kappa shape index (κ2) is 4.35. The number of amides is 1. The van der Waals surface area contributed by atoms with Crippen molar-refractivity contribution in [2.75, 3.05) is 12.0 Å². The molecule has 1 amide bonds. The molecule has 0 bridgehead atoms. The van der Waals surface area contributed by atoms with Gasteiger partial charge in [0.05, 0.1) is 13.3 Å². The third-order valence-electron chi connectivity index (χ3n) is 3.16. The summed E-state index contributed by atoms with van der Waals surface area (Å²) in [6.45, 7) is 0. The van der Waals surface area contributed by atoms with Crippen LogP contribution in [-0.4, -0.2) is 30.0 Å². The minimum atomic E-state index is -0.395. The van der Waals surface area contributed by atoms with Crippen molar-refractivity contribution in [2.24, 2.45) is 5.92 Å². The van der Waals surface area contributed by atoms with E-state index >= 15 is 0 Å². The van der Waals surface area contributed by atoms with Crippen molar-refractivity contribution >= 4 is 28.3 Å². The van der Waals surface area contributed by atoms with Gasteiger partial charge in [0.1, 0.15) is 4.88 Å². The first-order valence-electron chi connectivity index (χ1n) is 6.08. The molecule has 2 fully saturated rings. The van der Waals surface area contributed by atoms with Gasteiger partial charge in [-0.2, -0.15) is 0 Å². The number of methoxy groups -OCH3 is 1. The van der Waals surface area contributed by atoms with E-state index in [1.54, 1.807) is 4.90 Å². The molecule has 0 radical (unpaired) electrons. The number of thiazole rings is 1. The van der Waals surface area contributed by atoms with Crippen LogP contribution in [0.3, 0.4) is 0 Å². The van der Waals surface area contributed by atoms with E-state index in [1.165, 1.54) is 24.6 Å². The van der Waals surface area contributed by atoms with Gasteiger partial charge in [-0.15, -0.1) is 0 Å². The standard InChI is InChI=1S/C12H14N2O3S/c1-17-11(16)9-6-13-12(18-9)14(8-4-5-8)10(15)7-2-3-7/h6-8H,2-5H2,1H3. The molecule has 0 spiro atoms. The van der Waals surface area contributed by atoms with Gasteiger partial charge in [-0.1, -0.05) is 11.3 Å². The van der Waals surface area contributed by atoms with Crippen LogP contribution in [0.25, 0.3) is 0 Å². The Hall–Kier alpha value is -1.43.